The van der Waals surface area contributed by atoms with Gasteiger partial charge in [-0.1, -0.05) is 30.3 Å². The third-order valence-electron chi connectivity index (χ3n) is 3.94. The molecule has 0 aliphatic carbocycles. The molecule has 1 amide bonds. The first kappa shape index (κ1) is 14.0. The normalized spacial score (nSPS) is 10.7. The second-order valence-corrected chi connectivity index (χ2v) is 5.32. The minimum Gasteiger partial charge on any atom is -0.412 e. The number of hydrogen-bond donors (Lipinski definition) is 1. The Morgan fingerprint density at radius 3 is 1.64 bits per heavy atom. The monoisotopic (exact) mass is 289 g/mol. The smallest absolute Gasteiger partial charge is 0.248 e. The van der Waals surface area contributed by atoms with Crippen molar-refractivity contribution in [3.05, 3.63) is 72.3 Å². The molecule has 0 saturated carbocycles. The van der Waals surface area contributed by atoms with Crippen LogP contribution in [-0.2, 0) is 0 Å². The fraction of sp³-hybridized carbons (Fsp3) is 0. The molecule has 0 heterocycles. The van der Waals surface area contributed by atoms with Gasteiger partial charge in [0.15, 0.2) is 0 Å². The van der Waals surface area contributed by atoms with E-state index in [0.717, 1.165) is 10.8 Å². The molecule has 0 unspecified atom stereocenters. The molecule has 108 valence electrons. The van der Waals surface area contributed by atoms with Crippen LogP contribution in [0, 0.1) is 0 Å². The minimum absolute atomic E-state index is 0. The zero-order valence-electron chi connectivity index (χ0n) is 11.8. The van der Waals surface area contributed by atoms with Crippen LogP contribution in [-0.4, -0.2) is 11.4 Å². The van der Waals surface area contributed by atoms with E-state index in [1.54, 1.807) is 6.07 Å². The SMILES string of the molecule is NC(=O)c1ccc2cc3cc4ccccc4cc3cc2c1.O. The van der Waals surface area contributed by atoms with Crippen molar-refractivity contribution in [1.29, 1.82) is 0 Å². The average molecular weight is 289 g/mol. The molecule has 0 saturated heterocycles. The molecule has 4 N–H and O–H groups in total. The van der Waals surface area contributed by atoms with E-state index < -0.39 is 5.91 Å². The van der Waals surface area contributed by atoms with Gasteiger partial charge in [-0.05, 0) is 68.7 Å². The van der Waals surface area contributed by atoms with Crippen molar-refractivity contribution in [3.63, 3.8) is 0 Å². The van der Waals surface area contributed by atoms with Crippen molar-refractivity contribution in [3.8, 4) is 0 Å². The highest BCUT2D eigenvalue weighted by Gasteiger charge is 2.04. The highest BCUT2D eigenvalue weighted by molar-refractivity contribution is 6.06. The molecule has 4 aromatic carbocycles. The van der Waals surface area contributed by atoms with Crippen molar-refractivity contribution in [1.82, 2.24) is 0 Å². The van der Waals surface area contributed by atoms with Gasteiger partial charge in [-0.15, -0.1) is 0 Å². The molecule has 0 radical (unpaired) electrons. The summed E-state index contributed by atoms with van der Waals surface area (Å²) in [6.07, 6.45) is 0. The molecule has 0 atom stereocenters. The average Bonchev–Trinajstić information content (AvgIpc) is 2.50. The summed E-state index contributed by atoms with van der Waals surface area (Å²) in [5.41, 5.74) is 5.90. The molecule has 0 aliphatic heterocycles. The van der Waals surface area contributed by atoms with Gasteiger partial charge in [-0.25, -0.2) is 0 Å². The maximum atomic E-state index is 11.3. The number of fused-ring (bicyclic) bond motifs is 3. The lowest BCUT2D eigenvalue weighted by Crippen LogP contribution is -2.10. The molecule has 0 aromatic heterocycles. The summed E-state index contributed by atoms with van der Waals surface area (Å²) in [6.45, 7) is 0. The van der Waals surface area contributed by atoms with Gasteiger partial charge in [0.25, 0.3) is 0 Å². The molecular formula is C19H15NO2. The van der Waals surface area contributed by atoms with Crippen LogP contribution in [0.1, 0.15) is 10.4 Å². The third-order valence-corrected chi connectivity index (χ3v) is 3.94. The fourth-order valence-corrected chi connectivity index (χ4v) is 2.85. The van der Waals surface area contributed by atoms with E-state index in [9.17, 15) is 4.79 Å². The fourth-order valence-electron chi connectivity index (χ4n) is 2.85. The van der Waals surface area contributed by atoms with Gasteiger partial charge >= 0.3 is 0 Å². The molecule has 4 rings (SSSR count). The highest BCUT2D eigenvalue weighted by Crippen LogP contribution is 2.27. The van der Waals surface area contributed by atoms with Crippen molar-refractivity contribution in [2.24, 2.45) is 5.73 Å². The van der Waals surface area contributed by atoms with Gasteiger partial charge in [0.1, 0.15) is 0 Å². The molecule has 3 nitrogen and oxygen atoms in total. The number of carbonyl (C=O) groups excluding carboxylic acids is 1. The molecular weight excluding hydrogens is 274 g/mol. The van der Waals surface area contributed by atoms with E-state index in [0.29, 0.717) is 5.56 Å². The quantitative estimate of drug-likeness (QED) is 0.536. The zero-order valence-corrected chi connectivity index (χ0v) is 11.8. The van der Waals surface area contributed by atoms with E-state index in [-0.39, 0.29) is 5.48 Å². The third kappa shape index (κ3) is 2.18. The Kier molecular flexibility index (Phi) is 3.28. The van der Waals surface area contributed by atoms with Crippen molar-refractivity contribution in [2.45, 2.75) is 0 Å². The number of benzene rings is 4. The number of hydrogen-bond acceptors (Lipinski definition) is 1. The van der Waals surface area contributed by atoms with E-state index in [1.165, 1.54) is 21.5 Å². The van der Waals surface area contributed by atoms with Crippen molar-refractivity contribution >= 4 is 38.2 Å². The lowest BCUT2D eigenvalue weighted by atomic mass is 9.98. The van der Waals surface area contributed by atoms with Crippen LogP contribution < -0.4 is 5.73 Å². The maximum Gasteiger partial charge on any atom is 0.248 e. The molecule has 0 bridgehead atoms. The summed E-state index contributed by atoms with van der Waals surface area (Å²) in [7, 11) is 0. The first-order valence-corrected chi connectivity index (χ1v) is 6.87. The van der Waals surface area contributed by atoms with Crippen LogP contribution in [0.2, 0.25) is 0 Å². The number of nitrogens with two attached hydrogens (primary N) is 1. The first-order valence-electron chi connectivity index (χ1n) is 6.87. The largest absolute Gasteiger partial charge is 0.412 e. The number of amides is 1. The van der Waals surface area contributed by atoms with Gasteiger partial charge in [0.2, 0.25) is 5.91 Å². The summed E-state index contributed by atoms with van der Waals surface area (Å²) >= 11 is 0. The van der Waals surface area contributed by atoms with Gasteiger partial charge < -0.3 is 11.2 Å². The van der Waals surface area contributed by atoms with Crippen LogP contribution in [0.5, 0.6) is 0 Å². The number of primary amides is 1. The standard InChI is InChI=1S/C19H13NO.H2O/c20-19(21)15-6-5-14-9-17-7-12-3-1-2-4-13(12)8-18(17)11-16(14)10-15;/h1-11H,(H2,20,21);1H2. The zero-order chi connectivity index (χ0) is 14.4. The van der Waals surface area contributed by atoms with Crippen LogP contribution >= 0.6 is 0 Å². The lowest BCUT2D eigenvalue weighted by Gasteiger charge is -2.06. The Balaban J connectivity index is 0.00000144. The second kappa shape index (κ2) is 5.13. The molecule has 0 spiro atoms. The van der Waals surface area contributed by atoms with Gasteiger partial charge in [-0.3, -0.25) is 4.79 Å². The van der Waals surface area contributed by atoms with E-state index in [1.807, 2.05) is 24.3 Å². The molecule has 22 heavy (non-hydrogen) atoms. The molecule has 3 heteroatoms. The Hall–Kier alpha value is -2.91. The summed E-state index contributed by atoms with van der Waals surface area (Å²) in [4.78, 5) is 11.3. The van der Waals surface area contributed by atoms with Crippen molar-refractivity contribution < 1.29 is 10.3 Å². The second-order valence-electron chi connectivity index (χ2n) is 5.32. The Labute approximate surface area is 127 Å². The first-order chi connectivity index (χ1) is 10.2. The lowest BCUT2D eigenvalue weighted by molar-refractivity contribution is 0.100. The predicted molar refractivity (Wildman–Crippen MR) is 91.1 cm³/mol. The molecule has 4 aromatic rings. The Morgan fingerprint density at radius 2 is 1.09 bits per heavy atom. The van der Waals surface area contributed by atoms with Crippen LogP contribution in [0.15, 0.2) is 66.7 Å². The molecule has 0 aliphatic rings. The van der Waals surface area contributed by atoms with E-state index >= 15 is 0 Å². The van der Waals surface area contributed by atoms with E-state index in [4.69, 9.17) is 5.73 Å². The van der Waals surface area contributed by atoms with Crippen LogP contribution in [0.3, 0.4) is 0 Å². The predicted octanol–water partition coefficient (Wildman–Crippen LogP) is 3.42. The van der Waals surface area contributed by atoms with Gasteiger partial charge in [0.05, 0.1) is 0 Å². The van der Waals surface area contributed by atoms with Crippen LogP contribution in [0.25, 0.3) is 32.3 Å². The molecule has 0 fully saturated rings. The maximum absolute atomic E-state index is 11.3. The Bertz CT molecular complexity index is 1020. The van der Waals surface area contributed by atoms with Gasteiger partial charge in [0, 0.05) is 5.56 Å². The summed E-state index contributed by atoms with van der Waals surface area (Å²) in [5, 5.41) is 6.97. The minimum atomic E-state index is -0.393. The van der Waals surface area contributed by atoms with Crippen LogP contribution in [0.4, 0.5) is 0 Å². The summed E-state index contributed by atoms with van der Waals surface area (Å²) in [5.74, 6) is -0.393. The Morgan fingerprint density at radius 1 is 0.636 bits per heavy atom. The highest BCUT2D eigenvalue weighted by atomic mass is 16.1. The number of carbonyl (C=O) groups is 1. The summed E-state index contributed by atoms with van der Waals surface area (Å²) < 4.78 is 0. The van der Waals surface area contributed by atoms with Crippen molar-refractivity contribution in [2.75, 3.05) is 0 Å². The summed E-state index contributed by atoms with van der Waals surface area (Å²) in [6, 6.07) is 22.6. The van der Waals surface area contributed by atoms with Gasteiger partial charge in [-0.2, -0.15) is 0 Å². The number of rotatable bonds is 1. The topological polar surface area (TPSA) is 74.6 Å². The van der Waals surface area contributed by atoms with E-state index in [2.05, 4.69) is 36.4 Å².